The van der Waals surface area contributed by atoms with Crippen molar-refractivity contribution in [3.8, 4) is 0 Å². The molecular formula is C15H17N3O. The minimum absolute atomic E-state index is 0.126. The van der Waals surface area contributed by atoms with Crippen LogP contribution in [0.3, 0.4) is 0 Å². The molecule has 1 heterocycles. The first-order valence-electron chi connectivity index (χ1n) is 6.22. The lowest BCUT2D eigenvalue weighted by atomic mass is 10.1. The molecule has 1 amide bonds. The molecule has 0 spiro atoms. The van der Waals surface area contributed by atoms with Crippen LogP contribution >= 0.6 is 0 Å². The summed E-state index contributed by atoms with van der Waals surface area (Å²) in [6.07, 6.45) is 0. The standard InChI is InChI=1S/C15H17N3O/c1-10-14(11(2)18-12(3)17-10)15(19)16-9-13-7-5-4-6-8-13/h4-8H,9H2,1-3H3,(H,16,19). The Hall–Kier alpha value is -2.23. The third-order valence-corrected chi connectivity index (χ3v) is 2.91. The van der Waals surface area contributed by atoms with Crippen molar-refractivity contribution in [2.75, 3.05) is 0 Å². The number of carbonyl (C=O) groups excluding carboxylic acids is 1. The van der Waals surface area contributed by atoms with Gasteiger partial charge in [-0.3, -0.25) is 4.79 Å². The van der Waals surface area contributed by atoms with E-state index >= 15 is 0 Å². The maximum atomic E-state index is 12.2. The van der Waals surface area contributed by atoms with Crippen molar-refractivity contribution < 1.29 is 4.79 Å². The number of benzene rings is 1. The molecule has 98 valence electrons. The Labute approximate surface area is 112 Å². The first-order chi connectivity index (χ1) is 9.08. The number of nitrogens with zero attached hydrogens (tertiary/aromatic N) is 2. The van der Waals surface area contributed by atoms with Gasteiger partial charge in [0, 0.05) is 6.54 Å². The van der Waals surface area contributed by atoms with Crippen molar-refractivity contribution in [2.45, 2.75) is 27.3 Å². The molecule has 0 fully saturated rings. The molecule has 1 aromatic carbocycles. The van der Waals surface area contributed by atoms with Crippen molar-refractivity contribution in [3.63, 3.8) is 0 Å². The molecule has 2 rings (SSSR count). The predicted octanol–water partition coefficient (Wildman–Crippen LogP) is 2.33. The predicted molar refractivity (Wildman–Crippen MR) is 73.9 cm³/mol. The Balaban J connectivity index is 2.13. The van der Waals surface area contributed by atoms with Crippen LogP contribution in [0.15, 0.2) is 30.3 Å². The third kappa shape index (κ3) is 3.16. The summed E-state index contributed by atoms with van der Waals surface area (Å²) in [5.41, 5.74) is 3.08. The second kappa shape index (κ2) is 5.61. The van der Waals surface area contributed by atoms with E-state index in [0.717, 1.165) is 17.0 Å². The lowest BCUT2D eigenvalue weighted by Crippen LogP contribution is -2.25. The zero-order valence-corrected chi connectivity index (χ0v) is 11.4. The first kappa shape index (κ1) is 13.2. The van der Waals surface area contributed by atoms with Gasteiger partial charge in [0.25, 0.3) is 5.91 Å². The minimum Gasteiger partial charge on any atom is -0.348 e. The number of aromatic nitrogens is 2. The van der Waals surface area contributed by atoms with Crippen LogP contribution in [0.2, 0.25) is 0 Å². The van der Waals surface area contributed by atoms with E-state index in [1.807, 2.05) is 51.1 Å². The fourth-order valence-electron chi connectivity index (χ4n) is 2.08. The van der Waals surface area contributed by atoms with Crippen LogP contribution in [-0.4, -0.2) is 15.9 Å². The van der Waals surface area contributed by atoms with Crippen molar-refractivity contribution in [2.24, 2.45) is 0 Å². The highest BCUT2D eigenvalue weighted by Crippen LogP contribution is 2.10. The van der Waals surface area contributed by atoms with E-state index in [2.05, 4.69) is 15.3 Å². The van der Waals surface area contributed by atoms with Gasteiger partial charge in [0.05, 0.1) is 17.0 Å². The lowest BCUT2D eigenvalue weighted by Gasteiger charge is -2.10. The highest BCUT2D eigenvalue weighted by Gasteiger charge is 2.14. The van der Waals surface area contributed by atoms with E-state index < -0.39 is 0 Å². The van der Waals surface area contributed by atoms with Crippen LogP contribution in [0, 0.1) is 20.8 Å². The maximum absolute atomic E-state index is 12.2. The second-order valence-electron chi connectivity index (χ2n) is 4.48. The molecule has 0 atom stereocenters. The Bertz CT molecular complexity index is 571. The van der Waals surface area contributed by atoms with E-state index in [0.29, 0.717) is 17.9 Å². The maximum Gasteiger partial charge on any atom is 0.255 e. The van der Waals surface area contributed by atoms with Crippen LogP contribution in [0.25, 0.3) is 0 Å². The molecule has 4 nitrogen and oxygen atoms in total. The number of carbonyl (C=O) groups is 1. The number of nitrogens with one attached hydrogen (secondary N) is 1. The lowest BCUT2D eigenvalue weighted by molar-refractivity contribution is 0.0948. The zero-order valence-electron chi connectivity index (χ0n) is 11.4. The summed E-state index contributed by atoms with van der Waals surface area (Å²) in [6, 6.07) is 9.81. The number of rotatable bonds is 3. The van der Waals surface area contributed by atoms with Crippen molar-refractivity contribution >= 4 is 5.91 Å². The summed E-state index contributed by atoms with van der Waals surface area (Å²) in [6.45, 7) is 6.00. The molecule has 0 aliphatic carbocycles. The molecule has 0 aliphatic rings. The van der Waals surface area contributed by atoms with Crippen LogP contribution in [-0.2, 0) is 6.54 Å². The van der Waals surface area contributed by atoms with Gasteiger partial charge in [-0.15, -0.1) is 0 Å². The Morgan fingerprint density at radius 2 is 1.63 bits per heavy atom. The smallest absolute Gasteiger partial charge is 0.255 e. The van der Waals surface area contributed by atoms with Gasteiger partial charge >= 0.3 is 0 Å². The van der Waals surface area contributed by atoms with Gasteiger partial charge in [0.2, 0.25) is 0 Å². The average molecular weight is 255 g/mol. The van der Waals surface area contributed by atoms with Crippen LogP contribution in [0.1, 0.15) is 33.1 Å². The van der Waals surface area contributed by atoms with Crippen molar-refractivity contribution in [1.82, 2.24) is 15.3 Å². The molecule has 4 heteroatoms. The largest absolute Gasteiger partial charge is 0.348 e. The van der Waals surface area contributed by atoms with Gasteiger partial charge in [-0.2, -0.15) is 0 Å². The fraction of sp³-hybridized carbons (Fsp3) is 0.267. The van der Waals surface area contributed by atoms with Crippen LogP contribution < -0.4 is 5.32 Å². The second-order valence-corrected chi connectivity index (χ2v) is 4.48. The average Bonchev–Trinajstić information content (AvgIpc) is 2.36. The minimum atomic E-state index is -0.126. The summed E-state index contributed by atoms with van der Waals surface area (Å²) in [5.74, 6) is 0.563. The molecule has 0 saturated carbocycles. The summed E-state index contributed by atoms with van der Waals surface area (Å²) in [7, 11) is 0. The van der Waals surface area contributed by atoms with E-state index in [1.54, 1.807) is 0 Å². The van der Waals surface area contributed by atoms with Crippen molar-refractivity contribution in [1.29, 1.82) is 0 Å². The van der Waals surface area contributed by atoms with Crippen LogP contribution in [0.4, 0.5) is 0 Å². The summed E-state index contributed by atoms with van der Waals surface area (Å²) in [4.78, 5) is 20.7. The third-order valence-electron chi connectivity index (χ3n) is 2.91. The van der Waals surface area contributed by atoms with E-state index in [4.69, 9.17) is 0 Å². The Kier molecular flexibility index (Phi) is 3.90. The summed E-state index contributed by atoms with van der Waals surface area (Å²) in [5, 5.41) is 2.90. The molecule has 1 N–H and O–H groups in total. The van der Waals surface area contributed by atoms with Gasteiger partial charge in [-0.1, -0.05) is 30.3 Å². The Morgan fingerprint density at radius 1 is 1.05 bits per heavy atom. The highest BCUT2D eigenvalue weighted by atomic mass is 16.1. The number of hydrogen-bond donors (Lipinski definition) is 1. The fourth-order valence-corrected chi connectivity index (χ4v) is 2.08. The number of hydrogen-bond acceptors (Lipinski definition) is 3. The summed E-state index contributed by atoms with van der Waals surface area (Å²) < 4.78 is 0. The normalized spacial score (nSPS) is 10.3. The van der Waals surface area contributed by atoms with Gasteiger partial charge in [0.1, 0.15) is 5.82 Å². The topological polar surface area (TPSA) is 54.9 Å². The van der Waals surface area contributed by atoms with Gasteiger partial charge in [-0.25, -0.2) is 9.97 Å². The van der Waals surface area contributed by atoms with E-state index in [9.17, 15) is 4.79 Å². The highest BCUT2D eigenvalue weighted by molar-refractivity contribution is 5.96. The molecule has 19 heavy (non-hydrogen) atoms. The van der Waals surface area contributed by atoms with Gasteiger partial charge < -0.3 is 5.32 Å². The molecule has 0 radical (unpaired) electrons. The van der Waals surface area contributed by atoms with Crippen LogP contribution in [0.5, 0.6) is 0 Å². The SMILES string of the molecule is Cc1nc(C)c(C(=O)NCc2ccccc2)c(C)n1. The molecule has 1 aromatic heterocycles. The molecule has 2 aromatic rings. The van der Waals surface area contributed by atoms with Gasteiger partial charge in [0.15, 0.2) is 0 Å². The van der Waals surface area contributed by atoms with E-state index in [1.165, 1.54) is 0 Å². The number of aryl methyl sites for hydroxylation is 3. The molecule has 0 unspecified atom stereocenters. The molecule has 0 saturated heterocycles. The monoisotopic (exact) mass is 255 g/mol. The van der Waals surface area contributed by atoms with E-state index in [-0.39, 0.29) is 5.91 Å². The molecule has 0 bridgehead atoms. The quantitative estimate of drug-likeness (QED) is 0.915. The first-order valence-corrected chi connectivity index (χ1v) is 6.22. The molecule has 0 aliphatic heterocycles. The Morgan fingerprint density at radius 3 is 2.21 bits per heavy atom. The summed E-state index contributed by atoms with van der Waals surface area (Å²) >= 11 is 0. The zero-order chi connectivity index (χ0) is 13.8. The molecular weight excluding hydrogens is 238 g/mol. The van der Waals surface area contributed by atoms with Gasteiger partial charge in [-0.05, 0) is 26.3 Å². The number of amides is 1. The van der Waals surface area contributed by atoms with Crippen molar-refractivity contribution in [3.05, 3.63) is 58.7 Å².